The van der Waals surface area contributed by atoms with E-state index in [2.05, 4.69) is 16.4 Å². The molecule has 2 heterocycles. The second-order valence-electron chi connectivity index (χ2n) is 4.66. The summed E-state index contributed by atoms with van der Waals surface area (Å²) < 4.78 is 12.9. The van der Waals surface area contributed by atoms with E-state index in [1.807, 2.05) is 12.4 Å². The number of halogens is 1. The maximum Gasteiger partial charge on any atom is 0.123 e. The Hall–Kier alpha value is -1.74. The van der Waals surface area contributed by atoms with Crippen LogP contribution in [0.5, 0.6) is 0 Å². The van der Waals surface area contributed by atoms with Gasteiger partial charge in [-0.2, -0.15) is 0 Å². The zero-order valence-corrected chi connectivity index (χ0v) is 10.1. The van der Waals surface area contributed by atoms with E-state index < -0.39 is 0 Å². The highest BCUT2D eigenvalue weighted by Crippen LogP contribution is 2.26. The zero-order chi connectivity index (χ0) is 12.4. The third kappa shape index (κ3) is 2.27. The molecule has 18 heavy (non-hydrogen) atoms. The lowest BCUT2D eigenvalue weighted by Crippen LogP contribution is -2.12. The number of hydrogen-bond acceptors (Lipinski definition) is 2. The van der Waals surface area contributed by atoms with Crippen molar-refractivity contribution in [3.8, 4) is 11.1 Å². The molecule has 1 aliphatic heterocycles. The molecule has 0 bridgehead atoms. The van der Waals surface area contributed by atoms with Crippen molar-refractivity contribution in [2.24, 2.45) is 0 Å². The Kier molecular flexibility index (Phi) is 3.07. The molecule has 1 fully saturated rings. The van der Waals surface area contributed by atoms with Crippen molar-refractivity contribution in [2.75, 3.05) is 6.54 Å². The molecule has 1 aromatic heterocycles. The molecular weight excluding hydrogens is 227 g/mol. The van der Waals surface area contributed by atoms with Crippen LogP contribution in [0.4, 0.5) is 4.39 Å². The number of rotatable bonds is 2. The largest absolute Gasteiger partial charge is 0.310 e. The molecule has 1 N–H and O–H groups in total. The van der Waals surface area contributed by atoms with Crippen LogP contribution in [0.2, 0.25) is 0 Å². The van der Waals surface area contributed by atoms with Crippen molar-refractivity contribution >= 4 is 0 Å². The van der Waals surface area contributed by atoms with Gasteiger partial charge < -0.3 is 5.32 Å². The predicted octanol–water partition coefficient (Wildman–Crippen LogP) is 3.31. The quantitative estimate of drug-likeness (QED) is 0.874. The summed E-state index contributed by atoms with van der Waals surface area (Å²) in [4.78, 5) is 4.29. The summed E-state index contributed by atoms with van der Waals surface area (Å²) in [5.74, 6) is -0.208. The molecule has 92 valence electrons. The molecular formula is C15H15FN2. The first-order valence-corrected chi connectivity index (χ1v) is 6.27. The number of aromatic nitrogens is 1. The molecule has 2 aromatic rings. The van der Waals surface area contributed by atoms with Crippen molar-refractivity contribution in [3.05, 3.63) is 54.1 Å². The van der Waals surface area contributed by atoms with E-state index in [1.54, 1.807) is 12.1 Å². The molecule has 0 unspecified atom stereocenters. The lowest BCUT2D eigenvalue weighted by atomic mass is 10.0. The summed E-state index contributed by atoms with van der Waals surface area (Å²) in [6.07, 6.45) is 6.11. The van der Waals surface area contributed by atoms with Gasteiger partial charge in [0, 0.05) is 24.0 Å². The van der Waals surface area contributed by atoms with Crippen LogP contribution in [0.15, 0.2) is 42.7 Å². The Morgan fingerprint density at radius 1 is 1.11 bits per heavy atom. The van der Waals surface area contributed by atoms with Crippen LogP contribution < -0.4 is 5.32 Å². The van der Waals surface area contributed by atoms with Gasteiger partial charge in [0.25, 0.3) is 0 Å². The van der Waals surface area contributed by atoms with Crippen molar-refractivity contribution in [1.29, 1.82) is 0 Å². The third-order valence-corrected chi connectivity index (χ3v) is 3.40. The minimum absolute atomic E-state index is 0.208. The van der Waals surface area contributed by atoms with Crippen molar-refractivity contribution in [3.63, 3.8) is 0 Å². The Labute approximate surface area is 106 Å². The average Bonchev–Trinajstić information content (AvgIpc) is 2.94. The fourth-order valence-corrected chi connectivity index (χ4v) is 2.42. The van der Waals surface area contributed by atoms with Gasteiger partial charge in [-0.15, -0.1) is 0 Å². The standard InChI is InChI=1S/C15H15FN2/c16-14-5-3-11(4-6-14)12-8-13(10-17-9-12)15-2-1-7-18-15/h3-6,8-10,15,18H,1-2,7H2/t15-/m0/s1. The van der Waals surface area contributed by atoms with Crippen LogP contribution in [0.25, 0.3) is 11.1 Å². The smallest absolute Gasteiger partial charge is 0.123 e. The topological polar surface area (TPSA) is 24.9 Å². The molecule has 1 aromatic carbocycles. The first kappa shape index (κ1) is 11.4. The van der Waals surface area contributed by atoms with Gasteiger partial charge in [-0.05, 0) is 48.7 Å². The van der Waals surface area contributed by atoms with Crippen LogP contribution in [0, 0.1) is 5.82 Å². The summed E-state index contributed by atoms with van der Waals surface area (Å²) in [5.41, 5.74) is 3.26. The molecule has 1 aliphatic rings. The molecule has 3 heteroatoms. The lowest BCUT2D eigenvalue weighted by molar-refractivity contribution is 0.628. The van der Waals surface area contributed by atoms with Crippen LogP contribution >= 0.6 is 0 Å². The summed E-state index contributed by atoms with van der Waals surface area (Å²) in [7, 11) is 0. The summed E-state index contributed by atoms with van der Waals surface area (Å²) >= 11 is 0. The first-order chi connectivity index (χ1) is 8.83. The van der Waals surface area contributed by atoms with Gasteiger partial charge in [0.05, 0.1) is 0 Å². The maximum atomic E-state index is 12.9. The minimum Gasteiger partial charge on any atom is -0.310 e. The number of nitrogens with one attached hydrogen (secondary N) is 1. The molecule has 1 atom stereocenters. The van der Waals surface area contributed by atoms with Crippen LogP contribution in [0.1, 0.15) is 24.4 Å². The van der Waals surface area contributed by atoms with Gasteiger partial charge >= 0.3 is 0 Å². The molecule has 2 nitrogen and oxygen atoms in total. The van der Waals surface area contributed by atoms with E-state index in [9.17, 15) is 4.39 Å². The first-order valence-electron chi connectivity index (χ1n) is 6.27. The summed E-state index contributed by atoms with van der Waals surface area (Å²) in [6.45, 7) is 1.07. The maximum absolute atomic E-state index is 12.9. The molecule has 0 aliphatic carbocycles. The number of hydrogen-bond donors (Lipinski definition) is 1. The van der Waals surface area contributed by atoms with E-state index in [-0.39, 0.29) is 5.82 Å². The number of benzene rings is 1. The van der Waals surface area contributed by atoms with Gasteiger partial charge in [-0.3, -0.25) is 4.98 Å². The van der Waals surface area contributed by atoms with E-state index >= 15 is 0 Å². The van der Waals surface area contributed by atoms with E-state index in [1.165, 1.54) is 24.1 Å². The monoisotopic (exact) mass is 242 g/mol. The van der Waals surface area contributed by atoms with Crippen molar-refractivity contribution < 1.29 is 4.39 Å². The Bertz CT molecular complexity index is 530. The normalized spacial score (nSPS) is 19.1. The minimum atomic E-state index is -0.208. The second-order valence-corrected chi connectivity index (χ2v) is 4.66. The van der Waals surface area contributed by atoms with Gasteiger partial charge in [0.2, 0.25) is 0 Å². The van der Waals surface area contributed by atoms with Crippen LogP contribution in [-0.4, -0.2) is 11.5 Å². The number of pyridine rings is 1. The SMILES string of the molecule is Fc1ccc(-c2cncc([C@@H]3CCCN3)c2)cc1. The lowest BCUT2D eigenvalue weighted by Gasteiger charge is -2.11. The molecule has 0 radical (unpaired) electrons. The van der Waals surface area contributed by atoms with Gasteiger partial charge in [-0.1, -0.05) is 12.1 Å². The van der Waals surface area contributed by atoms with Gasteiger partial charge in [-0.25, -0.2) is 4.39 Å². The fourth-order valence-electron chi connectivity index (χ4n) is 2.42. The highest BCUT2D eigenvalue weighted by molar-refractivity contribution is 5.63. The molecule has 0 spiro atoms. The predicted molar refractivity (Wildman–Crippen MR) is 69.6 cm³/mol. The van der Waals surface area contributed by atoms with E-state index in [0.717, 1.165) is 24.1 Å². The fraction of sp³-hybridized carbons (Fsp3) is 0.267. The zero-order valence-electron chi connectivity index (χ0n) is 10.1. The highest BCUT2D eigenvalue weighted by Gasteiger charge is 2.16. The Morgan fingerprint density at radius 3 is 2.67 bits per heavy atom. The van der Waals surface area contributed by atoms with Crippen molar-refractivity contribution in [1.82, 2.24) is 10.3 Å². The second kappa shape index (κ2) is 4.86. The third-order valence-electron chi connectivity index (χ3n) is 3.40. The average molecular weight is 242 g/mol. The van der Waals surface area contributed by atoms with Gasteiger partial charge in [0.15, 0.2) is 0 Å². The number of nitrogens with zero attached hydrogens (tertiary/aromatic N) is 1. The van der Waals surface area contributed by atoms with E-state index in [0.29, 0.717) is 6.04 Å². The summed E-state index contributed by atoms with van der Waals surface area (Å²) in [6, 6.07) is 9.10. The molecule has 0 saturated carbocycles. The Morgan fingerprint density at radius 2 is 1.94 bits per heavy atom. The molecule has 3 rings (SSSR count). The van der Waals surface area contributed by atoms with Crippen LogP contribution in [-0.2, 0) is 0 Å². The van der Waals surface area contributed by atoms with E-state index in [4.69, 9.17) is 0 Å². The van der Waals surface area contributed by atoms with Crippen LogP contribution in [0.3, 0.4) is 0 Å². The molecule has 0 amide bonds. The molecule has 1 saturated heterocycles. The Balaban J connectivity index is 1.92. The van der Waals surface area contributed by atoms with Crippen molar-refractivity contribution in [2.45, 2.75) is 18.9 Å². The summed E-state index contributed by atoms with van der Waals surface area (Å²) in [5, 5.41) is 3.46. The van der Waals surface area contributed by atoms with Gasteiger partial charge in [0.1, 0.15) is 5.82 Å². The highest BCUT2D eigenvalue weighted by atomic mass is 19.1.